The number of aliphatic hydroxyl groups is 2. The average molecular weight is 1150 g/mol. The lowest BCUT2D eigenvalue weighted by Crippen LogP contribution is -2.68. The molecule has 1 aromatic heterocycles. The van der Waals surface area contributed by atoms with Crippen LogP contribution >= 0.6 is 0 Å². The number of Topliss-reactive ketones (excluding diaryl/α,β-unsaturated/α-hetero) is 1. The minimum absolute atomic E-state index is 0.0163. The van der Waals surface area contributed by atoms with Crippen LogP contribution in [-0.2, 0) is 65.1 Å². The molecule has 6 aliphatic heterocycles. The summed E-state index contributed by atoms with van der Waals surface area (Å²) in [6.07, 6.45) is 0.0684. The summed E-state index contributed by atoms with van der Waals surface area (Å²) >= 11 is 0. The highest BCUT2D eigenvalue weighted by atomic mass is 32.2. The number of carbonyl (C=O) groups excluding carboxylic acids is 10. The van der Waals surface area contributed by atoms with Crippen molar-refractivity contribution >= 4 is 80.8 Å². The fourth-order valence-corrected chi connectivity index (χ4v) is 10.5. The van der Waals surface area contributed by atoms with Gasteiger partial charge in [0, 0.05) is 49.6 Å². The topological polar surface area (TPSA) is 388 Å². The molecule has 2 aromatic rings. The lowest BCUT2D eigenvalue weighted by molar-refractivity contribution is -0.165. The van der Waals surface area contributed by atoms with E-state index in [0.29, 0.717) is 31.1 Å². The molecule has 13 N–H and O–H groups in total. The summed E-state index contributed by atoms with van der Waals surface area (Å²) in [4.78, 5) is 144. The molecule has 6 bridgehead atoms. The number of nitrogens with one attached hydrogen (secondary N) is 9. The molecule has 10 atom stereocenters. The van der Waals surface area contributed by atoms with E-state index in [1.165, 1.54) is 30.2 Å². The Morgan fingerprint density at radius 1 is 0.875 bits per heavy atom. The largest absolute Gasteiger partial charge is 0.465 e. The van der Waals surface area contributed by atoms with Gasteiger partial charge < -0.3 is 72.9 Å². The van der Waals surface area contributed by atoms with Crippen LogP contribution in [-0.4, -0.2) is 177 Å². The van der Waals surface area contributed by atoms with Gasteiger partial charge in [-0.3, -0.25) is 47.4 Å². The second-order valence-electron chi connectivity index (χ2n) is 21.1. The number of benzene rings is 1. The van der Waals surface area contributed by atoms with Crippen molar-refractivity contribution in [3.63, 3.8) is 0 Å². The molecule has 6 aliphatic rings. The normalized spacial score (nSPS) is 24.7. The Bertz CT molecular complexity index is 2590. The zero-order valence-electron chi connectivity index (χ0n) is 47.3. The van der Waals surface area contributed by atoms with E-state index in [1.54, 1.807) is 40.7 Å². The third-order valence-corrected chi connectivity index (χ3v) is 15.0. The van der Waals surface area contributed by atoms with Gasteiger partial charge in [-0.1, -0.05) is 53.9 Å². The van der Waals surface area contributed by atoms with E-state index in [2.05, 4.69) is 47.5 Å². The maximum Gasteiger partial charge on any atom is 0.407 e. The predicted octanol–water partition coefficient (Wildman–Crippen LogP) is -0.716. The molecular formula is C53H83N11O15S. The molecule has 1 aromatic carbocycles. The van der Waals surface area contributed by atoms with Crippen molar-refractivity contribution in [2.45, 2.75) is 172 Å². The van der Waals surface area contributed by atoms with Crippen LogP contribution in [0.15, 0.2) is 23.2 Å². The molecule has 9 amide bonds. The lowest BCUT2D eigenvalue weighted by Gasteiger charge is -2.45. The Kier molecular flexibility index (Phi) is 24.8. The van der Waals surface area contributed by atoms with Gasteiger partial charge in [0.2, 0.25) is 58.8 Å². The third-order valence-electron chi connectivity index (χ3n) is 14.0. The van der Waals surface area contributed by atoms with Gasteiger partial charge in [-0.2, -0.15) is 0 Å². The first-order valence-electron chi connectivity index (χ1n) is 27.3. The molecule has 2 saturated heterocycles. The van der Waals surface area contributed by atoms with E-state index >= 15 is 9.59 Å². The number of carbonyl (C=O) groups is 10. The smallest absolute Gasteiger partial charge is 0.407 e. The van der Waals surface area contributed by atoms with Crippen molar-refractivity contribution in [3.05, 3.63) is 23.8 Å². The van der Waals surface area contributed by atoms with E-state index in [0.717, 1.165) is 0 Å². The number of amides is 9. The maximum absolute atomic E-state index is 15.9. The number of aromatic nitrogens is 1. The highest BCUT2D eigenvalue weighted by molar-refractivity contribution is 7.84. The summed E-state index contributed by atoms with van der Waals surface area (Å²) in [5.74, 6) is -9.91. The molecule has 9 unspecified atom stereocenters. The summed E-state index contributed by atoms with van der Waals surface area (Å²) in [5.41, 5.74) is 3.34. The van der Waals surface area contributed by atoms with Crippen LogP contribution in [0.3, 0.4) is 0 Å². The summed E-state index contributed by atoms with van der Waals surface area (Å²) in [5, 5.41) is 42.1. The van der Waals surface area contributed by atoms with Crippen LogP contribution in [0.1, 0.15) is 119 Å². The molecule has 2 fully saturated rings. The Morgan fingerprint density at radius 2 is 1.52 bits per heavy atom. The quantitative estimate of drug-likeness (QED) is 0.0980. The molecule has 0 saturated carbocycles. The number of unbranched alkanes of at least 4 members (excludes halogenated alkanes) is 3. The van der Waals surface area contributed by atoms with Gasteiger partial charge in [-0.25, -0.2) is 9.69 Å². The zero-order valence-corrected chi connectivity index (χ0v) is 48.1. The molecule has 7 heterocycles. The summed E-state index contributed by atoms with van der Waals surface area (Å²) in [6.45, 7) is 11.2. The number of ether oxygens (including phenoxy) is 2. The van der Waals surface area contributed by atoms with Gasteiger partial charge in [0.05, 0.1) is 61.1 Å². The van der Waals surface area contributed by atoms with Crippen LogP contribution in [0.5, 0.6) is 5.75 Å². The number of nitrogens with two attached hydrogens (primary N) is 1. The monoisotopic (exact) mass is 1150 g/mol. The minimum Gasteiger partial charge on any atom is -0.465 e. The van der Waals surface area contributed by atoms with Crippen molar-refractivity contribution in [2.75, 3.05) is 45.6 Å². The van der Waals surface area contributed by atoms with Gasteiger partial charge >= 0.3 is 6.09 Å². The number of primary amides is 1. The van der Waals surface area contributed by atoms with Gasteiger partial charge in [0.15, 0.2) is 0 Å². The summed E-state index contributed by atoms with van der Waals surface area (Å²) in [7, 11) is -1.80. The van der Waals surface area contributed by atoms with Crippen molar-refractivity contribution < 1.29 is 71.8 Å². The van der Waals surface area contributed by atoms with Crippen LogP contribution in [0.4, 0.5) is 4.79 Å². The van der Waals surface area contributed by atoms with Crippen molar-refractivity contribution in [1.82, 2.24) is 52.4 Å². The van der Waals surface area contributed by atoms with E-state index in [-0.39, 0.29) is 67.0 Å². The predicted molar refractivity (Wildman–Crippen MR) is 293 cm³/mol. The Balaban J connectivity index is 0.00000681. The molecular weight excluding hydrogens is 1060 g/mol. The number of rotatable bonds is 15. The summed E-state index contributed by atoms with van der Waals surface area (Å²) in [6, 6.07) is -3.01. The van der Waals surface area contributed by atoms with E-state index in [9.17, 15) is 52.8 Å². The van der Waals surface area contributed by atoms with Gasteiger partial charge in [-0.05, 0) is 70.1 Å². The molecule has 446 valence electrons. The number of hydrogen-bond donors (Lipinski definition) is 12. The molecule has 27 heteroatoms. The van der Waals surface area contributed by atoms with E-state index in [1.807, 2.05) is 13.8 Å². The van der Waals surface area contributed by atoms with Crippen molar-refractivity contribution in [2.24, 2.45) is 17.6 Å². The van der Waals surface area contributed by atoms with Gasteiger partial charge in [-0.15, -0.1) is 0 Å². The fraction of sp³-hybridized carbons (Fsp3) is 0.660. The number of H-pyrrole nitrogens is 1. The maximum atomic E-state index is 15.9. The van der Waals surface area contributed by atoms with Crippen LogP contribution < -0.4 is 53.0 Å². The standard InChI is InChI=1S/C51H77N11O15S.C2H6/c1-8-27(2)41-46(72)56-23-38(66)54-24-39(67)57-33(22-37(52)65)43(69)51(17-11-9-10-12-18-53-49(74)77-50(4,5)6)62-19-13-14-35(62)45(71)61-42(28(3)36(64)26-63)47(73)58-34(44(70)55-25-40(68)60-41)21-31-30-16-15-29(76-51)20-32(30)59-48(31)78(7)75;1-2/h15-16,20,27-28,33-36,41-42,59,63-64H,8-14,17-19,21-26H2,1-7H3,(H2,52,65)(H,53,74)(H,54,66)(H,55,70)(H,56,72)(H,57,67)(H,58,73)(H,60,68)(H,61,71);1-2H3/t27?,28-,33?,34?,35?,36?,41?,42?,51?,78?;/m0./s1. The minimum atomic E-state index is -2.26. The first-order valence-corrected chi connectivity index (χ1v) is 28.9. The van der Waals surface area contributed by atoms with Crippen molar-refractivity contribution in [3.8, 4) is 5.75 Å². The number of aliphatic hydroxyl groups excluding tert-OH is 2. The zero-order chi connectivity index (χ0) is 59.6. The Morgan fingerprint density at radius 3 is 2.17 bits per heavy atom. The second kappa shape index (κ2) is 30.2. The SMILES string of the molecule is CC.CCC(C)C1NC(=O)CNC(=O)C2Cc3c(S(C)=O)[nH]c4cc(ccc34)OC(CCCCCCNC(=O)OC(C)(C)C)(C(=O)C(CC(N)=O)NC(=O)CNC(=O)CNC1=O)N1CCCC1C(=O)NC([C@@H](C)C(O)CO)C(=O)N2. The van der Waals surface area contributed by atoms with Gasteiger partial charge in [0.25, 0.3) is 0 Å². The molecule has 8 rings (SSSR count). The first-order chi connectivity index (χ1) is 37.8. The third kappa shape index (κ3) is 17.9. The highest BCUT2D eigenvalue weighted by Gasteiger charge is 2.55. The van der Waals surface area contributed by atoms with E-state index < -0.39 is 162 Å². The molecule has 0 spiro atoms. The number of alkyl carbamates (subject to hydrolysis) is 1. The lowest BCUT2D eigenvalue weighted by atomic mass is 9.90. The van der Waals surface area contributed by atoms with E-state index in [4.69, 9.17) is 15.2 Å². The fourth-order valence-electron chi connectivity index (χ4n) is 9.72. The Hall–Kier alpha value is -6.71. The molecule has 0 radical (unpaired) electrons. The summed E-state index contributed by atoms with van der Waals surface area (Å²) < 4.78 is 25.9. The molecule has 80 heavy (non-hydrogen) atoms. The number of aromatic amines is 1. The number of hydrogen-bond acceptors (Lipinski definition) is 16. The first kappa shape index (κ1) is 65.8. The Labute approximate surface area is 468 Å². The second-order valence-corrected chi connectivity index (χ2v) is 22.4. The van der Waals surface area contributed by atoms with Crippen LogP contribution in [0, 0.1) is 11.8 Å². The van der Waals surface area contributed by atoms with Crippen LogP contribution in [0.25, 0.3) is 10.9 Å². The number of nitrogens with zero attached hydrogens (tertiary/aromatic N) is 1. The van der Waals surface area contributed by atoms with Crippen molar-refractivity contribution in [1.29, 1.82) is 0 Å². The molecule has 0 aliphatic carbocycles. The molecule has 26 nitrogen and oxygen atoms in total. The van der Waals surface area contributed by atoms with Gasteiger partial charge in [0.1, 0.15) is 40.5 Å². The highest BCUT2D eigenvalue weighted by Crippen LogP contribution is 2.38. The number of ketones is 1. The van der Waals surface area contributed by atoms with Crippen LogP contribution in [0.2, 0.25) is 0 Å². The average Bonchev–Trinajstić information content (AvgIpc) is 4.05.